The Morgan fingerprint density at radius 1 is 1.07 bits per heavy atom. The topological polar surface area (TPSA) is 79.8 Å². The minimum atomic E-state index is -4.66. The van der Waals surface area contributed by atoms with Crippen LogP contribution in [0.15, 0.2) is 53.1 Å². The van der Waals surface area contributed by atoms with Crippen molar-refractivity contribution in [1.82, 2.24) is 4.90 Å². The number of para-hydroxylation sites is 1. The molecular weight excluding hydrogens is 403 g/mol. The molecule has 1 aliphatic heterocycles. The molecule has 30 heavy (non-hydrogen) atoms. The summed E-state index contributed by atoms with van der Waals surface area (Å²) in [5.74, 6) is -0.221. The third kappa shape index (κ3) is 3.56. The maximum atomic E-state index is 12.9. The standard InChI is InChI=1S/C20H16F3N3O4/c21-20(22,23)13-5-6-16(17(11-13)26(28)29)24-7-9-25(10-8-24)19(27)15-12-30-18-4-2-1-3-14(15)18/h1-6,11-12H,7-10H2. The molecule has 4 rings (SSSR count). The van der Waals surface area contributed by atoms with E-state index in [0.717, 1.165) is 12.1 Å². The fraction of sp³-hybridized carbons (Fsp3) is 0.250. The SMILES string of the molecule is O=C(c1coc2ccccc12)N1CCN(c2ccc(C(F)(F)F)cc2[N+](=O)[O-])CC1. The number of furan rings is 1. The Balaban J connectivity index is 1.52. The zero-order valence-electron chi connectivity index (χ0n) is 15.6. The Morgan fingerprint density at radius 3 is 2.43 bits per heavy atom. The fourth-order valence-corrected chi connectivity index (χ4v) is 3.58. The molecule has 0 atom stereocenters. The largest absolute Gasteiger partial charge is 0.463 e. The summed E-state index contributed by atoms with van der Waals surface area (Å²) in [6, 6.07) is 9.64. The van der Waals surface area contributed by atoms with E-state index in [9.17, 15) is 28.1 Å². The molecule has 156 valence electrons. The Morgan fingerprint density at radius 2 is 1.77 bits per heavy atom. The van der Waals surface area contributed by atoms with Crippen molar-refractivity contribution in [3.05, 3.63) is 70.0 Å². The second kappa shape index (κ2) is 7.36. The van der Waals surface area contributed by atoms with Crippen LogP contribution in [0.2, 0.25) is 0 Å². The van der Waals surface area contributed by atoms with Gasteiger partial charge in [-0.05, 0) is 18.2 Å². The maximum Gasteiger partial charge on any atom is 0.416 e. The minimum Gasteiger partial charge on any atom is -0.463 e. The summed E-state index contributed by atoms with van der Waals surface area (Å²) < 4.78 is 44.1. The molecule has 0 radical (unpaired) electrons. The lowest BCUT2D eigenvalue weighted by Gasteiger charge is -2.35. The molecule has 0 spiro atoms. The number of piperazine rings is 1. The summed E-state index contributed by atoms with van der Waals surface area (Å²) in [6.45, 7) is 1.06. The van der Waals surface area contributed by atoms with Gasteiger partial charge in [-0.3, -0.25) is 14.9 Å². The lowest BCUT2D eigenvalue weighted by Crippen LogP contribution is -2.48. The number of hydrogen-bond donors (Lipinski definition) is 0. The predicted octanol–water partition coefficient (Wildman–Crippen LogP) is 4.32. The molecule has 2 aromatic carbocycles. The van der Waals surface area contributed by atoms with Crippen molar-refractivity contribution < 1.29 is 27.3 Å². The first kappa shape index (κ1) is 19.7. The number of nitro benzene ring substituents is 1. The summed E-state index contributed by atoms with van der Waals surface area (Å²) in [7, 11) is 0. The van der Waals surface area contributed by atoms with Crippen LogP contribution in [0, 0.1) is 10.1 Å². The van der Waals surface area contributed by atoms with Crippen LogP contribution in [0.4, 0.5) is 24.5 Å². The van der Waals surface area contributed by atoms with E-state index in [2.05, 4.69) is 0 Å². The second-order valence-corrected chi connectivity index (χ2v) is 6.88. The van der Waals surface area contributed by atoms with E-state index < -0.39 is 22.4 Å². The molecule has 0 N–H and O–H groups in total. The molecule has 0 saturated carbocycles. The van der Waals surface area contributed by atoms with Gasteiger partial charge in [0.25, 0.3) is 11.6 Å². The van der Waals surface area contributed by atoms with Crippen molar-refractivity contribution in [3.8, 4) is 0 Å². The predicted molar refractivity (Wildman–Crippen MR) is 102 cm³/mol. The summed E-state index contributed by atoms with van der Waals surface area (Å²) in [5, 5.41) is 12.0. The van der Waals surface area contributed by atoms with E-state index in [1.165, 1.54) is 6.26 Å². The van der Waals surface area contributed by atoms with Crippen LogP contribution >= 0.6 is 0 Å². The Labute approximate surface area is 168 Å². The number of fused-ring (bicyclic) bond motifs is 1. The summed E-state index contributed by atoms with van der Waals surface area (Å²) in [4.78, 5) is 26.6. The van der Waals surface area contributed by atoms with Crippen molar-refractivity contribution in [1.29, 1.82) is 0 Å². The monoisotopic (exact) mass is 419 g/mol. The number of carbonyl (C=O) groups excluding carboxylic acids is 1. The quantitative estimate of drug-likeness (QED) is 0.467. The van der Waals surface area contributed by atoms with Crippen molar-refractivity contribution >= 4 is 28.3 Å². The van der Waals surface area contributed by atoms with Gasteiger partial charge in [-0.2, -0.15) is 13.2 Å². The van der Waals surface area contributed by atoms with Crippen LogP contribution in [-0.4, -0.2) is 41.9 Å². The van der Waals surface area contributed by atoms with Crippen molar-refractivity contribution in [2.45, 2.75) is 6.18 Å². The smallest absolute Gasteiger partial charge is 0.416 e. The second-order valence-electron chi connectivity index (χ2n) is 6.88. The molecule has 1 aromatic heterocycles. The molecule has 7 nitrogen and oxygen atoms in total. The van der Waals surface area contributed by atoms with E-state index in [1.54, 1.807) is 34.1 Å². The molecular formula is C20H16F3N3O4. The number of nitrogens with zero attached hydrogens (tertiary/aromatic N) is 3. The maximum absolute atomic E-state index is 12.9. The van der Waals surface area contributed by atoms with E-state index in [-0.39, 0.29) is 37.8 Å². The van der Waals surface area contributed by atoms with Crippen LogP contribution in [0.1, 0.15) is 15.9 Å². The average Bonchev–Trinajstić information content (AvgIpc) is 3.16. The van der Waals surface area contributed by atoms with E-state index in [4.69, 9.17) is 4.42 Å². The van der Waals surface area contributed by atoms with E-state index in [0.29, 0.717) is 22.6 Å². The van der Waals surface area contributed by atoms with Gasteiger partial charge in [0, 0.05) is 37.6 Å². The highest BCUT2D eigenvalue weighted by Crippen LogP contribution is 2.37. The molecule has 1 saturated heterocycles. The van der Waals surface area contributed by atoms with E-state index in [1.807, 2.05) is 0 Å². The Bertz CT molecular complexity index is 1120. The van der Waals surface area contributed by atoms with Gasteiger partial charge in [-0.15, -0.1) is 0 Å². The van der Waals surface area contributed by atoms with Gasteiger partial charge < -0.3 is 14.2 Å². The molecule has 1 amide bonds. The van der Waals surface area contributed by atoms with Gasteiger partial charge in [0.15, 0.2) is 0 Å². The summed E-state index contributed by atoms with van der Waals surface area (Å²) >= 11 is 0. The molecule has 2 heterocycles. The summed E-state index contributed by atoms with van der Waals surface area (Å²) in [5.41, 5.74) is -0.544. The first-order chi connectivity index (χ1) is 14.3. The van der Waals surface area contributed by atoms with Crippen LogP contribution < -0.4 is 4.90 Å². The van der Waals surface area contributed by atoms with Crippen LogP contribution in [0.25, 0.3) is 11.0 Å². The number of alkyl halides is 3. The van der Waals surface area contributed by atoms with Crippen molar-refractivity contribution in [2.24, 2.45) is 0 Å². The molecule has 1 fully saturated rings. The first-order valence-corrected chi connectivity index (χ1v) is 9.12. The summed E-state index contributed by atoms with van der Waals surface area (Å²) in [6.07, 6.45) is -3.26. The average molecular weight is 419 g/mol. The van der Waals surface area contributed by atoms with Gasteiger partial charge in [0.05, 0.1) is 16.1 Å². The Hall–Kier alpha value is -3.56. The number of halogens is 3. The highest BCUT2D eigenvalue weighted by Gasteiger charge is 2.34. The van der Waals surface area contributed by atoms with Crippen LogP contribution in [-0.2, 0) is 6.18 Å². The van der Waals surface area contributed by atoms with Crippen LogP contribution in [0.5, 0.6) is 0 Å². The number of nitro groups is 1. The number of rotatable bonds is 3. The van der Waals surface area contributed by atoms with Gasteiger partial charge >= 0.3 is 6.18 Å². The zero-order chi connectivity index (χ0) is 21.5. The lowest BCUT2D eigenvalue weighted by molar-refractivity contribution is -0.384. The normalized spacial score (nSPS) is 14.9. The molecule has 0 aliphatic carbocycles. The molecule has 0 unspecified atom stereocenters. The van der Waals surface area contributed by atoms with Crippen molar-refractivity contribution in [2.75, 3.05) is 31.1 Å². The molecule has 0 bridgehead atoms. The number of benzene rings is 2. The lowest BCUT2D eigenvalue weighted by atomic mass is 10.1. The minimum absolute atomic E-state index is 0.105. The number of amides is 1. The van der Waals surface area contributed by atoms with Gasteiger partial charge in [-0.25, -0.2) is 0 Å². The number of hydrogen-bond acceptors (Lipinski definition) is 5. The highest BCUT2D eigenvalue weighted by molar-refractivity contribution is 6.06. The zero-order valence-corrected chi connectivity index (χ0v) is 15.6. The number of carbonyl (C=O) groups is 1. The third-order valence-electron chi connectivity index (χ3n) is 5.12. The molecule has 10 heteroatoms. The fourth-order valence-electron chi connectivity index (χ4n) is 3.58. The van der Waals surface area contributed by atoms with Gasteiger partial charge in [-0.1, -0.05) is 18.2 Å². The van der Waals surface area contributed by atoms with E-state index >= 15 is 0 Å². The molecule has 1 aliphatic rings. The third-order valence-corrected chi connectivity index (χ3v) is 5.12. The first-order valence-electron chi connectivity index (χ1n) is 9.12. The van der Waals surface area contributed by atoms with Gasteiger partial charge in [0.1, 0.15) is 17.5 Å². The van der Waals surface area contributed by atoms with Gasteiger partial charge in [0.2, 0.25) is 0 Å². The van der Waals surface area contributed by atoms with Crippen LogP contribution in [0.3, 0.4) is 0 Å². The highest BCUT2D eigenvalue weighted by atomic mass is 19.4. The van der Waals surface area contributed by atoms with Crippen molar-refractivity contribution in [3.63, 3.8) is 0 Å². The Kier molecular flexibility index (Phi) is 4.84. The number of anilines is 1. The molecule has 3 aromatic rings.